The summed E-state index contributed by atoms with van der Waals surface area (Å²) in [5.74, 6) is 1.97. The van der Waals surface area contributed by atoms with Crippen molar-refractivity contribution in [2.45, 2.75) is 84.8 Å². The van der Waals surface area contributed by atoms with Crippen LogP contribution in [-0.4, -0.2) is 56.6 Å². The van der Waals surface area contributed by atoms with Crippen LogP contribution in [-0.2, 0) is 40.6 Å². The van der Waals surface area contributed by atoms with Gasteiger partial charge in [-0.05, 0) is 59.1 Å². The Labute approximate surface area is 222 Å². The molecule has 0 N–H and O–H groups in total. The second-order valence-corrected chi connectivity index (χ2v) is 10.8. The van der Waals surface area contributed by atoms with E-state index in [-0.39, 0.29) is 23.7 Å². The monoisotopic (exact) mass is 509 g/mol. The van der Waals surface area contributed by atoms with Crippen molar-refractivity contribution in [2.24, 2.45) is 0 Å². The van der Waals surface area contributed by atoms with Crippen molar-refractivity contribution in [2.75, 3.05) is 33.4 Å². The second kappa shape index (κ2) is 11.3. The Morgan fingerprint density at radius 2 is 1.22 bits per heavy atom. The molecule has 37 heavy (non-hydrogen) atoms. The van der Waals surface area contributed by atoms with Crippen molar-refractivity contribution in [3.8, 4) is 11.5 Å². The summed E-state index contributed by atoms with van der Waals surface area (Å²) in [6, 6.07) is 9.25. The van der Waals surface area contributed by atoms with Gasteiger partial charge in [0.1, 0.15) is 30.8 Å². The molecule has 0 bridgehead atoms. The minimum Gasteiger partial charge on any atom is -0.490 e. The molecule has 0 aliphatic carbocycles. The number of likely N-dealkylation sites (N-methyl/N-ethyl adjacent to an activating group) is 1. The number of carbonyl (C=O) groups is 1. The van der Waals surface area contributed by atoms with Crippen LogP contribution >= 0.6 is 0 Å². The van der Waals surface area contributed by atoms with Crippen LogP contribution in [0.5, 0.6) is 11.5 Å². The molecule has 2 aromatic carbocycles. The summed E-state index contributed by atoms with van der Waals surface area (Å²) in [5.41, 5.74) is 7.28. The summed E-state index contributed by atoms with van der Waals surface area (Å²) in [7, 11) is 1.75. The number of amides is 1. The lowest BCUT2D eigenvalue weighted by Crippen LogP contribution is -2.24. The maximum Gasteiger partial charge on any atom is 0.410 e. The van der Waals surface area contributed by atoms with E-state index < -0.39 is 0 Å². The molecule has 2 aliphatic rings. The molecule has 4 rings (SSSR count). The number of cyclic esters (lactones) is 1. The number of nitrogens with zero attached hydrogens (tertiary/aromatic N) is 1. The highest BCUT2D eigenvalue weighted by Crippen LogP contribution is 2.40. The van der Waals surface area contributed by atoms with Crippen molar-refractivity contribution in [1.29, 1.82) is 0 Å². The lowest BCUT2D eigenvalue weighted by atomic mass is 9.75. The van der Waals surface area contributed by atoms with E-state index in [9.17, 15) is 4.79 Å². The molecule has 2 aliphatic heterocycles. The van der Waals surface area contributed by atoms with Gasteiger partial charge in [0.2, 0.25) is 0 Å². The van der Waals surface area contributed by atoms with Gasteiger partial charge in [-0.1, -0.05) is 65.8 Å². The highest BCUT2D eigenvalue weighted by Gasteiger charge is 2.31. The van der Waals surface area contributed by atoms with Crippen LogP contribution in [0.2, 0.25) is 0 Å². The number of hydrogen-bond donors (Lipinski definition) is 0. The average Bonchev–Trinajstić information content (AvgIpc) is 3.67. The fraction of sp³-hybridized carbons (Fsp3) is 0.581. The fourth-order valence-electron chi connectivity index (χ4n) is 5.07. The number of hydrogen-bond acceptors (Lipinski definition) is 5. The Bertz CT molecular complexity index is 1070. The minimum atomic E-state index is -0.285. The van der Waals surface area contributed by atoms with Crippen LogP contribution < -0.4 is 9.47 Å². The predicted octanol–water partition coefficient (Wildman–Crippen LogP) is 5.87. The second-order valence-electron chi connectivity index (χ2n) is 10.8. The van der Waals surface area contributed by atoms with Crippen molar-refractivity contribution >= 4 is 6.09 Å². The number of ether oxygens (including phenoxy) is 4. The maximum absolute atomic E-state index is 11.7. The summed E-state index contributed by atoms with van der Waals surface area (Å²) < 4.78 is 23.3. The molecular formula is C31H43NO5. The number of benzene rings is 2. The summed E-state index contributed by atoms with van der Waals surface area (Å²) in [5, 5.41) is 0. The lowest BCUT2D eigenvalue weighted by molar-refractivity contribution is 0.102. The zero-order chi connectivity index (χ0) is 26.7. The molecule has 0 radical (unpaired) electrons. The van der Waals surface area contributed by atoms with E-state index in [2.05, 4.69) is 65.8 Å². The molecule has 1 amide bonds. The van der Waals surface area contributed by atoms with Gasteiger partial charge in [0.15, 0.2) is 6.10 Å². The first-order valence-electron chi connectivity index (χ1n) is 13.8. The van der Waals surface area contributed by atoms with Crippen LogP contribution in [0.3, 0.4) is 0 Å². The van der Waals surface area contributed by atoms with Crippen molar-refractivity contribution in [1.82, 2.24) is 4.90 Å². The standard InChI is InChI=1S/C31H43NO5/c1-8-20-12-24(13-21(9-2)28(20)35-17-26-16-32(7)30(33)37-26)31(5,6)25-14-22(10-3)29(23(11-4)15-25)36-19-27-18-34-27/h12-15,26-27H,8-11,16-19H2,1-7H3. The quantitative estimate of drug-likeness (QED) is 0.335. The molecule has 6 heteroatoms. The molecular weight excluding hydrogens is 466 g/mol. The van der Waals surface area contributed by atoms with Crippen LogP contribution in [0.25, 0.3) is 0 Å². The zero-order valence-corrected chi connectivity index (χ0v) is 23.6. The van der Waals surface area contributed by atoms with Gasteiger partial charge in [-0.25, -0.2) is 4.79 Å². The molecule has 2 atom stereocenters. The Morgan fingerprint density at radius 1 is 0.811 bits per heavy atom. The lowest BCUT2D eigenvalue weighted by Gasteiger charge is -2.30. The van der Waals surface area contributed by atoms with E-state index in [0.717, 1.165) is 43.8 Å². The first-order valence-corrected chi connectivity index (χ1v) is 13.8. The smallest absolute Gasteiger partial charge is 0.410 e. The Kier molecular flexibility index (Phi) is 8.37. The van der Waals surface area contributed by atoms with Gasteiger partial charge in [-0.3, -0.25) is 0 Å². The van der Waals surface area contributed by atoms with Gasteiger partial charge in [-0.15, -0.1) is 0 Å². The zero-order valence-electron chi connectivity index (χ0n) is 23.6. The van der Waals surface area contributed by atoms with Gasteiger partial charge < -0.3 is 23.8 Å². The third kappa shape index (κ3) is 5.90. The average molecular weight is 510 g/mol. The van der Waals surface area contributed by atoms with Crippen LogP contribution in [0.1, 0.15) is 74.9 Å². The van der Waals surface area contributed by atoms with E-state index >= 15 is 0 Å². The molecule has 2 heterocycles. The van der Waals surface area contributed by atoms with Crippen molar-refractivity contribution in [3.05, 3.63) is 57.6 Å². The van der Waals surface area contributed by atoms with Gasteiger partial charge in [0, 0.05) is 12.5 Å². The fourth-order valence-corrected chi connectivity index (χ4v) is 5.07. The number of epoxide rings is 1. The predicted molar refractivity (Wildman–Crippen MR) is 146 cm³/mol. The van der Waals surface area contributed by atoms with E-state index in [1.165, 1.54) is 33.4 Å². The van der Waals surface area contributed by atoms with Crippen LogP contribution in [0.4, 0.5) is 4.79 Å². The topological polar surface area (TPSA) is 60.5 Å². The van der Waals surface area contributed by atoms with E-state index in [1.807, 2.05) is 0 Å². The molecule has 202 valence electrons. The van der Waals surface area contributed by atoms with E-state index in [0.29, 0.717) is 19.8 Å². The summed E-state index contributed by atoms with van der Waals surface area (Å²) in [6.45, 7) is 15.7. The normalized spacial score (nSPS) is 19.2. The van der Waals surface area contributed by atoms with Crippen molar-refractivity contribution < 1.29 is 23.7 Å². The molecule has 2 aromatic rings. The summed E-state index contributed by atoms with van der Waals surface area (Å²) in [4.78, 5) is 13.3. The molecule has 2 unspecified atom stereocenters. The molecule has 0 aromatic heterocycles. The Morgan fingerprint density at radius 3 is 1.54 bits per heavy atom. The molecule has 2 saturated heterocycles. The van der Waals surface area contributed by atoms with E-state index in [1.54, 1.807) is 11.9 Å². The summed E-state index contributed by atoms with van der Waals surface area (Å²) in [6.07, 6.45) is 3.30. The number of carbonyl (C=O) groups excluding carboxylic acids is 1. The highest BCUT2D eigenvalue weighted by molar-refractivity contribution is 5.69. The number of aryl methyl sites for hydroxylation is 4. The van der Waals surface area contributed by atoms with Crippen LogP contribution in [0, 0.1) is 0 Å². The largest absolute Gasteiger partial charge is 0.490 e. The third-order valence-corrected chi connectivity index (χ3v) is 7.74. The third-order valence-electron chi connectivity index (χ3n) is 7.74. The SMILES string of the molecule is CCc1cc(C(C)(C)c2cc(CC)c(OCC3CN(C)C(=O)O3)c(CC)c2)cc(CC)c1OCC1CO1. The summed E-state index contributed by atoms with van der Waals surface area (Å²) >= 11 is 0. The van der Waals surface area contributed by atoms with Gasteiger partial charge in [0.05, 0.1) is 13.2 Å². The van der Waals surface area contributed by atoms with Crippen molar-refractivity contribution in [3.63, 3.8) is 0 Å². The van der Waals surface area contributed by atoms with Gasteiger partial charge in [-0.2, -0.15) is 0 Å². The minimum absolute atomic E-state index is 0.192. The van der Waals surface area contributed by atoms with E-state index in [4.69, 9.17) is 18.9 Å². The number of rotatable bonds is 12. The maximum atomic E-state index is 11.7. The molecule has 0 saturated carbocycles. The van der Waals surface area contributed by atoms with Gasteiger partial charge >= 0.3 is 6.09 Å². The van der Waals surface area contributed by atoms with Crippen LogP contribution in [0.15, 0.2) is 24.3 Å². The first kappa shape index (κ1) is 27.3. The van der Waals surface area contributed by atoms with Gasteiger partial charge in [0.25, 0.3) is 0 Å². The molecule has 0 spiro atoms. The highest BCUT2D eigenvalue weighted by atomic mass is 16.6. The molecule has 2 fully saturated rings. The Balaban J connectivity index is 1.64. The molecule has 6 nitrogen and oxygen atoms in total. The Hall–Kier alpha value is -2.73. The first-order chi connectivity index (χ1) is 17.7.